The minimum absolute atomic E-state index is 0.234. The van der Waals surface area contributed by atoms with Gasteiger partial charge >= 0.3 is 6.09 Å². The first-order valence-corrected chi connectivity index (χ1v) is 12.0. The van der Waals surface area contributed by atoms with E-state index < -0.39 is 11.7 Å². The molecule has 0 unspecified atom stereocenters. The number of pyridine rings is 1. The van der Waals surface area contributed by atoms with E-state index in [-0.39, 0.29) is 11.6 Å². The molecule has 0 spiro atoms. The fraction of sp³-hybridized carbons (Fsp3) is 0.321. The van der Waals surface area contributed by atoms with Crippen LogP contribution >= 0.6 is 0 Å². The summed E-state index contributed by atoms with van der Waals surface area (Å²) in [4.78, 5) is 40.8. The van der Waals surface area contributed by atoms with Crippen molar-refractivity contribution in [2.75, 3.05) is 27.4 Å². The molecule has 9 heteroatoms. The number of nitrogens with one attached hydrogen (secondary N) is 1. The summed E-state index contributed by atoms with van der Waals surface area (Å²) in [5.41, 5.74) is 1.97. The molecule has 9 nitrogen and oxygen atoms in total. The van der Waals surface area contributed by atoms with E-state index in [0.717, 1.165) is 16.3 Å². The van der Waals surface area contributed by atoms with Crippen LogP contribution in [0.2, 0.25) is 0 Å². The lowest BCUT2D eigenvalue weighted by atomic mass is 10.1. The van der Waals surface area contributed by atoms with Crippen LogP contribution in [0, 0.1) is 0 Å². The molecule has 194 valence electrons. The normalized spacial score (nSPS) is 11.6. The fourth-order valence-electron chi connectivity index (χ4n) is 4.06. The van der Waals surface area contributed by atoms with Gasteiger partial charge in [0.2, 0.25) is 0 Å². The van der Waals surface area contributed by atoms with Crippen LogP contribution in [0.1, 0.15) is 37.7 Å². The Kier molecular flexibility index (Phi) is 7.75. The molecule has 0 aliphatic heterocycles. The van der Waals surface area contributed by atoms with Gasteiger partial charge < -0.3 is 14.8 Å². The minimum Gasteiger partial charge on any atom is -0.497 e. The van der Waals surface area contributed by atoms with Crippen molar-refractivity contribution in [2.45, 2.75) is 32.8 Å². The Morgan fingerprint density at radius 1 is 1.00 bits per heavy atom. The van der Waals surface area contributed by atoms with Crippen molar-refractivity contribution in [2.24, 2.45) is 0 Å². The van der Waals surface area contributed by atoms with Crippen LogP contribution in [0.3, 0.4) is 0 Å². The molecule has 2 aromatic carbocycles. The maximum atomic E-state index is 13.5. The number of hydrogen-bond acceptors (Lipinski definition) is 7. The van der Waals surface area contributed by atoms with E-state index in [9.17, 15) is 9.59 Å². The molecule has 0 saturated heterocycles. The first kappa shape index (κ1) is 26.1. The van der Waals surface area contributed by atoms with E-state index in [1.807, 2.05) is 69.3 Å². The standard InChI is InChI=1S/C28H31N3O6/c1-28(2,3)37-27(33)31-23-10-7-6-9-20(23)21-17-22(26(32)29-15-8-16-36-35-5)30-24(25(21)31)18-11-13-19(34-4)14-12-18/h6-7,9-14,17H,8,15-16H2,1-5H3,(H,29,32). The van der Waals surface area contributed by atoms with Crippen LogP contribution in [0.15, 0.2) is 54.6 Å². The Morgan fingerprint density at radius 3 is 2.41 bits per heavy atom. The Bertz CT molecular complexity index is 1420. The average molecular weight is 506 g/mol. The fourth-order valence-corrected chi connectivity index (χ4v) is 4.06. The molecule has 2 heterocycles. The molecule has 0 fully saturated rings. The van der Waals surface area contributed by atoms with Crippen molar-refractivity contribution in [1.29, 1.82) is 0 Å². The maximum Gasteiger partial charge on any atom is 0.419 e. The van der Waals surface area contributed by atoms with Gasteiger partial charge in [0, 0.05) is 22.9 Å². The van der Waals surface area contributed by atoms with Crippen LogP contribution in [0.5, 0.6) is 5.75 Å². The highest BCUT2D eigenvalue weighted by Crippen LogP contribution is 2.36. The first-order valence-electron chi connectivity index (χ1n) is 12.0. The van der Waals surface area contributed by atoms with Crippen molar-refractivity contribution in [3.63, 3.8) is 0 Å². The Morgan fingerprint density at radius 2 is 1.73 bits per heavy atom. The van der Waals surface area contributed by atoms with E-state index in [1.165, 1.54) is 11.7 Å². The Hall–Kier alpha value is -3.95. The number of hydrogen-bond donors (Lipinski definition) is 1. The van der Waals surface area contributed by atoms with E-state index in [0.29, 0.717) is 42.0 Å². The highest BCUT2D eigenvalue weighted by molar-refractivity contribution is 6.17. The lowest BCUT2D eigenvalue weighted by Gasteiger charge is -2.20. The lowest BCUT2D eigenvalue weighted by molar-refractivity contribution is -0.272. The third kappa shape index (κ3) is 5.73. The number of benzene rings is 2. The zero-order chi connectivity index (χ0) is 26.6. The number of methoxy groups -OCH3 is 1. The number of nitrogens with zero attached hydrogens (tertiary/aromatic N) is 2. The number of carbonyl (C=O) groups excluding carboxylic acids is 2. The van der Waals surface area contributed by atoms with Gasteiger partial charge in [-0.15, -0.1) is 0 Å². The van der Waals surface area contributed by atoms with Gasteiger partial charge in [-0.3, -0.25) is 4.79 Å². The monoisotopic (exact) mass is 505 g/mol. The maximum absolute atomic E-state index is 13.5. The van der Waals surface area contributed by atoms with E-state index in [1.54, 1.807) is 13.2 Å². The van der Waals surface area contributed by atoms with Gasteiger partial charge in [0.05, 0.1) is 37.6 Å². The van der Waals surface area contributed by atoms with Gasteiger partial charge in [-0.05, 0) is 63.6 Å². The molecule has 0 radical (unpaired) electrons. The van der Waals surface area contributed by atoms with Crippen LogP contribution < -0.4 is 10.1 Å². The van der Waals surface area contributed by atoms with Crippen LogP contribution in [0.4, 0.5) is 4.79 Å². The number of carbonyl (C=O) groups is 2. The third-order valence-electron chi connectivity index (χ3n) is 5.63. The Labute approximate surface area is 215 Å². The van der Waals surface area contributed by atoms with Crippen molar-refractivity contribution < 1.29 is 28.8 Å². The van der Waals surface area contributed by atoms with Crippen LogP contribution in [-0.4, -0.2) is 54.5 Å². The second-order valence-electron chi connectivity index (χ2n) is 9.41. The predicted octanol–water partition coefficient (Wildman–Crippen LogP) is 5.35. The number of ether oxygens (including phenoxy) is 2. The SMILES string of the molecule is COOCCCNC(=O)c1cc2c3ccccc3n(C(=O)OC(C)(C)C)c2c(-c2ccc(OC)cc2)n1. The summed E-state index contributed by atoms with van der Waals surface area (Å²) in [5, 5.41) is 4.40. The molecule has 0 atom stereocenters. The predicted molar refractivity (Wildman–Crippen MR) is 141 cm³/mol. The van der Waals surface area contributed by atoms with Crippen LogP contribution in [-0.2, 0) is 14.5 Å². The Balaban J connectivity index is 1.91. The number of fused-ring (bicyclic) bond motifs is 3. The van der Waals surface area contributed by atoms with Gasteiger partial charge in [0.25, 0.3) is 5.91 Å². The lowest BCUT2D eigenvalue weighted by Crippen LogP contribution is -2.27. The molecule has 4 aromatic rings. The van der Waals surface area contributed by atoms with Crippen LogP contribution in [0.25, 0.3) is 33.1 Å². The summed E-state index contributed by atoms with van der Waals surface area (Å²) in [6, 6.07) is 16.6. The summed E-state index contributed by atoms with van der Waals surface area (Å²) < 4.78 is 12.6. The molecule has 4 rings (SSSR count). The summed E-state index contributed by atoms with van der Waals surface area (Å²) in [7, 11) is 3.03. The molecule has 1 amide bonds. The second kappa shape index (κ2) is 11.0. The number of amides is 1. The molecule has 0 bridgehead atoms. The van der Waals surface area contributed by atoms with Gasteiger partial charge in [-0.1, -0.05) is 18.2 Å². The molecule has 0 aliphatic carbocycles. The highest BCUT2D eigenvalue weighted by atomic mass is 17.2. The van der Waals surface area contributed by atoms with Crippen molar-refractivity contribution in [1.82, 2.24) is 14.9 Å². The van der Waals surface area contributed by atoms with Crippen molar-refractivity contribution in [3.05, 3.63) is 60.3 Å². The third-order valence-corrected chi connectivity index (χ3v) is 5.63. The largest absolute Gasteiger partial charge is 0.497 e. The quantitative estimate of drug-likeness (QED) is 0.196. The molecule has 1 N–H and O–H groups in total. The van der Waals surface area contributed by atoms with E-state index >= 15 is 0 Å². The molecule has 37 heavy (non-hydrogen) atoms. The summed E-state index contributed by atoms with van der Waals surface area (Å²) >= 11 is 0. The molecular weight excluding hydrogens is 474 g/mol. The van der Waals surface area contributed by atoms with Gasteiger partial charge in [0.15, 0.2) is 0 Å². The minimum atomic E-state index is -0.700. The molecule has 0 aliphatic rings. The number of rotatable bonds is 8. The molecule has 0 saturated carbocycles. The summed E-state index contributed by atoms with van der Waals surface area (Å²) in [5.74, 6) is 0.350. The zero-order valence-electron chi connectivity index (χ0n) is 21.7. The smallest absolute Gasteiger partial charge is 0.419 e. The van der Waals surface area contributed by atoms with Crippen molar-refractivity contribution in [3.8, 4) is 17.0 Å². The molecule has 2 aromatic heterocycles. The summed E-state index contributed by atoms with van der Waals surface area (Å²) in [6.45, 7) is 6.20. The highest BCUT2D eigenvalue weighted by Gasteiger charge is 2.26. The van der Waals surface area contributed by atoms with E-state index in [2.05, 4.69) is 10.2 Å². The zero-order valence-corrected chi connectivity index (χ0v) is 21.7. The van der Waals surface area contributed by atoms with Crippen molar-refractivity contribution >= 4 is 33.8 Å². The van der Waals surface area contributed by atoms with E-state index in [4.69, 9.17) is 19.3 Å². The topological polar surface area (TPSA) is 101 Å². The van der Waals surface area contributed by atoms with Gasteiger partial charge in [0.1, 0.15) is 17.0 Å². The average Bonchev–Trinajstić information content (AvgIpc) is 3.21. The van der Waals surface area contributed by atoms with Gasteiger partial charge in [-0.2, -0.15) is 0 Å². The number of para-hydroxylation sites is 1. The summed E-state index contributed by atoms with van der Waals surface area (Å²) in [6.07, 6.45) is 0.0519. The first-order chi connectivity index (χ1) is 17.7. The second-order valence-corrected chi connectivity index (χ2v) is 9.41. The number of aromatic nitrogens is 2. The van der Waals surface area contributed by atoms with Gasteiger partial charge in [-0.25, -0.2) is 24.1 Å². The molecular formula is C28H31N3O6.